The van der Waals surface area contributed by atoms with E-state index in [9.17, 15) is 0 Å². The van der Waals surface area contributed by atoms with E-state index >= 15 is 0 Å². The van der Waals surface area contributed by atoms with Crippen molar-refractivity contribution in [2.24, 2.45) is 0 Å². The Labute approximate surface area is 157 Å². The fourth-order valence-electron chi connectivity index (χ4n) is 2.63. The van der Waals surface area contributed by atoms with Crippen molar-refractivity contribution in [3.05, 3.63) is 70.7 Å². The second-order valence-corrected chi connectivity index (χ2v) is 6.50. The highest BCUT2D eigenvalue weighted by atomic mass is 35.5. The van der Waals surface area contributed by atoms with Crippen LogP contribution in [-0.4, -0.2) is 11.7 Å². The molecule has 0 saturated heterocycles. The first-order chi connectivity index (χ1) is 11.6. The third-order valence-electron chi connectivity index (χ3n) is 3.79. The van der Waals surface area contributed by atoms with Crippen LogP contribution >= 0.6 is 35.4 Å². The highest BCUT2D eigenvalue weighted by molar-refractivity contribution is 7.80. The van der Waals surface area contributed by atoms with Gasteiger partial charge in [-0.1, -0.05) is 59.6 Å². The molecular formula is C19H16Cl2N2S. The van der Waals surface area contributed by atoms with E-state index in [-0.39, 0.29) is 0 Å². The summed E-state index contributed by atoms with van der Waals surface area (Å²) < 4.78 is 0. The van der Waals surface area contributed by atoms with Crippen LogP contribution in [0, 0.1) is 0 Å². The summed E-state index contributed by atoms with van der Waals surface area (Å²) >= 11 is 17.7. The molecule has 0 aliphatic heterocycles. The molecule has 122 valence electrons. The molecule has 24 heavy (non-hydrogen) atoms. The summed E-state index contributed by atoms with van der Waals surface area (Å²) in [7, 11) is 0. The normalized spacial score (nSPS) is 10.6. The van der Waals surface area contributed by atoms with Gasteiger partial charge >= 0.3 is 0 Å². The molecule has 0 amide bonds. The van der Waals surface area contributed by atoms with E-state index in [2.05, 4.69) is 41.4 Å². The average Bonchev–Trinajstić information content (AvgIpc) is 2.59. The fourth-order valence-corrected chi connectivity index (χ4v) is 3.28. The van der Waals surface area contributed by atoms with Crippen LogP contribution in [0.25, 0.3) is 10.8 Å². The van der Waals surface area contributed by atoms with E-state index in [0.29, 0.717) is 15.2 Å². The van der Waals surface area contributed by atoms with Crippen LogP contribution in [0.15, 0.2) is 60.7 Å². The maximum Gasteiger partial charge on any atom is 0.177 e. The molecular weight excluding hydrogens is 359 g/mol. The predicted octanol–water partition coefficient (Wildman–Crippen LogP) is 6.37. The third-order valence-corrected chi connectivity index (χ3v) is 4.85. The summed E-state index contributed by atoms with van der Waals surface area (Å²) in [6.07, 6.45) is 0. The SMILES string of the molecule is CCN(C(=S)Nc1ccc(Cl)c(Cl)c1)c1cccc2ccccc12. The molecule has 0 radical (unpaired) electrons. The predicted molar refractivity (Wildman–Crippen MR) is 110 cm³/mol. The summed E-state index contributed by atoms with van der Waals surface area (Å²) in [5, 5.41) is 7.23. The van der Waals surface area contributed by atoms with Crippen LogP contribution in [0.1, 0.15) is 6.92 Å². The van der Waals surface area contributed by atoms with E-state index < -0.39 is 0 Å². The molecule has 0 spiro atoms. The number of nitrogens with one attached hydrogen (secondary N) is 1. The first-order valence-corrected chi connectivity index (χ1v) is 8.78. The van der Waals surface area contributed by atoms with Crippen molar-refractivity contribution in [2.75, 3.05) is 16.8 Å². The summed E-state index contributed by atoms with van der Waals surface area (Å²) in [6, 6.07) is 19.9. The fraction of sp³-hybridized carbons (Fsp3) is 0.105. The molecule has 0 fully saturated rings. The lowest BCUT2D eigenvalue weighted by Crippen LogP contribution is -2.34. The van der Waals surface area contributed by atoms with Crippen LogP contribution in [0.3, 0.4) is 0 Å². The minimum Gasteiger partial charge on any atom is -0.332 e. The van der Waals surface area contributed by atoms with Crippen LogP contribution in [0.2, 0.25) is 10.0 Å². The number of halogens is 2. The first-order valence-electron chi connectivity index (χ1n) is 7.61. The van der Waals surface area contributed by atoms with E-state index in [0.717, 1.165) is 17.9 Å². The van der Waals surface area contributed by atoms with Crippen molar-refractivity contribution in [3.8, 4) is 0 Å². The number of hydrogen-bond acceptors (Lipinski definition) is 1. The number of benzene rings is 3. The van der Waals surface area contributed by atoms with Gasteiger partial charge in [0.1, 0.15) is 0 Å². The molecule has 1 N–H and O–H groups in total. The zero-order valence-electron chi connectivity index (χ0n) is 13.1. The minimum atomic E-state index is 0.498. The number of thiocarbonyl (C=S) groups is 1. The van der Waals surface area contributed by atoms with Crippen molar-refractivity contribution in [2.45, 2.75) is 6.92 Å². The van der Waals surface area contributed by atoms with Crippen molar-refractivity contribution in [1.82, 2.24) is 0 Å². The number of fused-ring (bicyclic) bond motifs is 1. The lowest BCUT2D eigenvalue weighted by molar-refractivity contribution is 1.07. The van der Waals surface area contributed by atoms with Gasteiger partial charge in [0.2, 0.25) is 0 Å². The van der Waals surface area contributed by atoms with Crippen LogP contribution in [0.5, 0.6) is 0 Å². The van der Waals surface area contributed by atoms with E-state index in [1.807, 2.05) is 24.3 Å². The monoisotopic (exact) mass is 374 g/mol. The molecule has 3 aromatic carbocycles. The number of hydrogen-bond donors (Lipinski definition) is 1. The summed E-state index contributed by atoms with van der Waals surface area (Å²) in [4.78, 5) is 2.07. The molecule has 3 aromatic rings. The Morgan fingerprint density at radius 2 is 1.75 bits per heavy atom. The van der Waals surface area contributed by atoms with Gasteiger partial charge in [-0.05, 0) is 48.8 Å². The Morgan fingerprint density at radius 3 is 2.50 bits per heavy atom. The van der Waals surface area contributed by atoms with Crippen LogP contribution in [0.4, 0.5) is 11.4 Å². The van der Waals surface area contributed by atoms with Gasteiger partial charge in [-0.3, -0.25) is 0 Å². The minimum absolute atomic E-state index is 0.498. The molecule has 0 aliphatic rings. The summed E-state index contributed by atoms with van der Waals surface area (Å²) in [6.45, 7) is 2.83. The number of nitrogens with zero attached hydrogens (tertiary/aromatic N) is 1. The molecule has 0 unspecified atom stereocenters. The van der Waals surface area contributed by atoms with Gasteiger partial charge in [-0.15, -0.1) is 0 Å². The molecule has 0 aromatic heterocycles. The largest absolute Gasteiger partial charge is 0.332 e. The number of rotatable bonds is 3. The lowest BCUT2D eigenvalue weighted by atomic mass is 10.1. The summed E-state index contributed by atoms with van der Waals surface area (Å²) in [5.41, 5.74) is 1.89. The zero-order chi connectivity index (χ0) is 17.1. The quantitative estimate of drug-likeness (QED) is 0.536. The average molecular weight is 375 g/mol. The molecule has 0 saturated carbocycles. The van der Waals surface area contributed by atoms with Gasteiger partial charge in [0.25, 0.3) is 0 Å². The Bertz CT molecular complexity index is 890. The molecule has 0 bridgehead atoms. The van der Waals surface area contributed by atoms with Gasteiger partial charge < -0.3 is 10.2 Å². The lowest BCUT2D eigenvalue weighted by Gasteiger charge is -2.26. The highest BCUT2D eigenvalue weighted by Gasteiger charge is 2.13. The molecule has 3 rings (SSSR count). The molecule has 0 atom stereocenters. The molecule has 0 heterocycles. The van der Waals surface area contributed by atoms with Crippen molar-refractivity contribution < 1.29 is 0 Å². The Morgan fingerprint density at radius 1 is 1.00 bits per heavy atom. The third kappa shape index (κ3) is 3.48. The van der Waals surface area contributed by atoms with E-state index in [1.165, 1.54) is 10.8 Å². The van der Waals surface area contributed by atoms with Gasteiger partial charge in [0.15, 0.2) is 5.11 Å². The second kappa shape index (κ2) is 7.39. The first kappa shape index (κ1) is 17.0. The zero-order valence-corrected chi connectivity index (χ0v) is 15.4. The molecule has 2 nitrogen and oxygen atoms in total. The van der Waals surface area contributed by atoms with Gasteiger partial charge in [0.05, 0.1) is 15.7 Å². The van der Waals surface area contributed by atoms with Crippen molar-refractivity contribution >= 4 is 62.7 Å². The maximum atomic E-state index is 6.08. The highest BCUT2D eigenvalue weighted by Crippen LogP contribution is 2.28. The summed E-state index contributed by atoms with van der Waals surface area (Å²) in [5.74, 6) is 0. The van der Waals surface area contributed by atoms with Crippen LogP contribution in [-0.2, 0) is 0 Å². The van der Waals surface area contributed by atoms with Crippen molar-refractivity contribution in [1.29, 1.82) is 0 Å². The Hall–Kier alpha value is -1.81. The molecule has 5 heteroatoms. The number of anilines is 2. The van der Waals surface area contributed by atoms with Gasteiger partial charge in [0, 0.05) is 17.6 Å². The topological polar surface area (TPSA) is 15.3 Å². The van der Waals surface area contributed by atoms with Gasteiger partial charge in [-0.25, -0.2) is 0 Å². The second-order valence-electron chi connectivity index (χ2n) is 5.30. The Kier molecular flexibility index (Phi) is 5.24. The maximum absolute atomic E-state index is 6.08. The smallest absolute Gasteiger partial charge is 0.177 e. The molecule has 0 aliphatic carbocycles. The van der Waals surface area contributed by atoms with Gasteiger partial charge in [-0.2, -0.15) is 0 Å². The Balaban J connectivity index is 1.92. The van der Waals surface area contributed by atoms with E-state index in [4.69, 9.17) is 35.4 Å². The van der Waals surface area contributed by atoms with E-state index in [1.54, 1.807) is 12.1 Å². The van der Waals surface area contributed by atoms with Crippen molar-refractivity contribution in [3.63, 3.8) is 0 Å². The van der Waals surface area contributed by atoms with Crippen LogP contribution < -0.4 is 10.2 Å². The standard InChI is InChI=1S/C19H16Cl2N2S/c1-2-23(18-9-5-7-13-6-3-4-8-15(13)18)19(24)22-14-10-11-16(20)17(21)12-14/h3-12H,2H2,1H3,(H,22,24).